The van der Waals surface area contributed by atoms with Crippen molar-refractivity contribution in [2.45, 2.75) is 36.8 Å². The molecule has 3 aliphatic heterocycles. The van der Waals surface area contributed by atoms with Crippen molar-refractivity contribution in [3.05, 3.63) is 93.2 Å². The number of carboxylic acid groups (broad SMARTS) is 1. The minimum atomic E-state index is -1.35. The molecule has 10 heteroatoms. The molecule has 3 aromatic rings. The monoisotopic (exact) mass is 593 g/mol. The van der Waals surface area contributed by atoms with E-state index in [-0.39, 0.29) is 34.0 Å². The molecule has 4 aliphatic rings. The quantitative estimate of drug-likeness (QED) is 0.384. The van der Waals surface area contributed by atoms with Crippen LogP contribution in [-0.4, -0.2) is 46.9 Å². The van der Waals surface area contributed by atoms with E-state index < -0.39 is 29.2 Å². The largest absolute Gasteiger partial charge is 0.478 e. The molecule has 1 aliphatic carbocycles. The molecule has 3 fully saturated rings. The van der Waals surface area contributed by atoms with Gasteiger partial charge < -0.3 is 15.3 Å². The fraction of sp³-hybridized carbons (Fsp3) is 0.323. The Morgan fingerprint density at radius 2 is 1.80 bits per heavy atom. The zero-order chi connectivity index (χ0) is 28.6. The lowest BCUT2D eigenvalue weighted by Crippen LogP contribution is -2.54. The molecule has 0 bridgehead atoms. The van der Waals surface area contributed by atoms with Crippen LogP contribution in [0.2, 0.25) is 10.0 Å². The van der Waals surface area contributed by atoms with Crippen LogP contribution in [0.1, 0.15) is 46.7 Å². The van der Waals surface area contributed by atoms with Crippen LogP contribution >= 0.6 is 23.2 Å². The van der Waals surface area contributed by atoms with E-state index in [1.54, 1.807) is 41.3 Å². The van der Waals surface area contributed by atoms with Crippen LogP contribution in [0.15, 0.2) is 60.7 Å². The number of carbonyl (C=O) groups is 3. The number of aromatic carboxylic acids is 1. The van der Waals surface area contributed by atoms with Gasteiger partial charge in [-0.15, -0.1) is 0 Å². The zero-order valence-corrected chi connectivity index (χ0v) is 23.3. The standard InChI is InChI=1S/C31H26Cl2FN3O4/c32-18-8-11-21-23(14-18)35-30(41)31(21)26(20-2-1-3-22(33)27(20)34)25-24(37(31)15-16-4-5-16)12-13-36(28(25)38)19-9-6-17(7-10-19)29(39)40/h1-3,6-11,14,16,24-26H,4-5,12-13,15H2,(H,35,41)(H,39,40)/t24-,25+,26-,31+/m1/s1. The molecule has 0 aromatic heterocycles. The van der Waals surface area contributed by atoms with Gasteiger partial charge in [0, 0.05) is 47.0 Å². The van der Waals surface area contributed by atoms with E-state index in [1.165, 1.54) is 18.2 Å². The van der Waals surface area contributed by atoms with Crippen molar-refractivity contribution in [1.82, 2.24) is 4.90 Å². The SMILES string of the molecule is O=C(O)c1ccc(N2CC[C@@H]3[C@H](C2=O)[C@@H](c2cccc(Cl)c2F)[C@@]2(C(=O)Nc4cc(Cl)ccc42)N3CC2CC2)cc1. The summed E-state index contributed by atoms with van der Waals surface area (Å²) in [6, 6.07) is 15.8. The molecule has 2 amide bonds. The molecular formula is C31H26Cl2FN3O4. The Labute approximate surface area is 245 Å². The Morgan fingerprint density at radius 1 is 1.05 bits per heavy atom. The molecular weight excluding hydrogens is 568 g/mol. The van der Waals surface area contributed by atoms with Crippen molar-refractivity contribution in [2.75, 3.05) is 23.3 Å². The number of nitrogens with zero attached hydrogens (tertiary/aromatic N) is 2. The predicted molar refractivity (Wildman–Crippen MR) is 153 cm³/mol. The Kier molecular flexibility index (Phi) is 6.15. The molecule has 41 heavy (non-hydrogen) atoms. The second kappa shape index (κ2) is 9.54. The van der Waals surface area contributed by atoms with Gasteiger partial charge in [-0.1, -0.05) is 41.4 Å². The van der Waals surface area contributed by atoms with Crippen LogP contribution < -0.4 is 10.2 Å². The number of hydrogen-bond acceptors (Lipinski definition) is 4. The van der Waals surface area contributed by atoms with Gasteiger partial charge in [-0.25, -0.2) is 9.18 Å². The third-order valence-corrected chi connectivity index (χ3v) is 9.68. The number of rotatable bonds is 5. The first-order chi connectivity index (χ1) is 19.7. The minimum Gasteiger partial charge on any atom is -0.478 e. The number of nitrogens with one attached hydrogen (secondary N) is 1. The maximum Gasteiger partial charge on any atom is 0.335 e. The summed E-state index contributed by atoms with van der Waals surface area (Å²) >= 11 is 12.6. The molecule has 1 spiro atoms. The average molecular weight is 594 g/mol. The number of halogens is 3. The molecule has 2 saturated heterocycles. The van der Waals surface area contributed by atoms with Gasteiger partial charge in [-0.3, -0.25) is 14.5 Å². The van der Waals surface area contributed by atoms with E-state index in [0.29, 0.717) is 47.4 Å². The molecule has 1 saturated carbocycles. The lowest BCUT2D eigenvalue weighted by Gasteiger charge is -2.40. The number of amides is 2. The van der Waals surface area contributed by atoms with Crippen LogP contribution in [0.4, 0.5) is 15.8 Å². The van der Waals surface area contributed by atoms with Gasteiger partial charge in [0.25, 0.3) is 0 Å². The number of benzene rings is 3. The number of carboxylic acids is 1. The summed E-state index contributed by atoms with van der Waals surface area (Å²) in [6.07, 6.45) is 2.62. The van der Waals surface area contributed by atoms with Crippen molar-refractivity contribution in [2.24, 2.45) is 11.8 Å². The van der Waals surface area contributed by atoms with Gasteiger partial charge in [-0.05, 0) is 73.2 Å². The Hall–Kier alpha value is -3.46. The number of hydrogen-bond donors (Lipinski definition) is 2. The van der Waals surface area contributed by atoms with Crippen molar-refractivity contribution in [3.63, 3.8) is 0 Å². The summed E-state index contributed by atoms with van der Waals surface area (Å²) in [6.45, 7) is 0.986. The first-order valence-corrected chi connectivity index (χ1v) is 14.4. The molecule has 2 N–H and O–H groups in total. The van der Waals surface area contributed by atoms with Gasteiger partial charge in [0.05, 0.1) is 16.5 Å². The van der Waals surface area contributed by atoms with Crippen molar-refractivity contribution >= 4 is 52.4 Å². The van der Waals surface area contributed by atoms with Gasteiger partial charge >= 0.3 is 5.97 Å². The Balaban J connectivity index is 1.43. The van der Waals surface area contributed by atoms with E-state index in [2.05, 4.69) is 10.2 Å². The highest BCUT2D eigenvalue weighted by molar-refractivity contribution is 6.31. The number of anilines is 2. The van der Waals surface area contributed by atoms with Crippen LogP contribution in [0.25, 0.3) is 0 Å². The van der Waals surface area contributed by atoms with E-state index in [1.807, 2.05) is 6.07 Å². The number of fused-ring (bicyclic) bond motifs is 3. The highest BCUT2D eigenvalue weighted by atomic mass is 35.5. The number of piperidine rings is 1. The van der Waals surface area contributed by atoms with Crippen LogP contribution in [0, 0.1) is 17.7 Å². The topological polar surface area (TPSA) is 90.0 Å². The van der Waals surface area contributed by atoms with Crippen molar-refractivity contribution < 1.29 is 23.9 Å². The number of carbonyl (C=O) groups excluding carboxylic acids is 2. The Bertz CT molecular complexity index is 1610. The van der Waals surface area contributed by atoms with Gasteiger partial charge in [0.1, 0.15) is 11.4 Å². The second-order valence-electron chi connectivity index (χ2n) is 11.4. The van der Waals surface area contributed by atoms with Gasteiger partial charge in [0.15, 0.2) is 0 Å². The Morgan fingerprint density at radius 3 is 2.51 bits per heavy atom. The molecule has 7 nitrogen and oxygen atoms in total. The smallest absolute Gasteiger partial charge is 0.335 e. The lowest BCUT2D eigenvalue weighted by atomic mass is 9.70. The van der Waals surface area contributed by atoms with E-state index in [9.17, 15) is 19.5 Å². The summed E-state index contributed by atoms with van der Waals surface area (Å²) < 4.78 is 16.0. The predicted octanol–water partition coefficient (Wildman–Crippen LogP) is 5.91. The summed E-state index contributed by atoms with van der Waals surface area (Å²) in [5.41, 5.74) is 0.784. The number of likely N-dealkylation sites (tertiary alicyclic amines) is 1. The van der Waals surface area contributed by atoms with Crippen LogP contribution in [0.3, 0.4) is 0 Å². The highest BCUT2D eigenvalue weighted by Crippen LogP contribution is 2.62. The summed E-state index contributed by atoms with van der Waals surface area (Å²) in [5, 5.41) is 12.7. The second-order valence-corrected chi connectivity index (χ2v) is 12.2. The normalized spacial score (nSPS) is 27.2. The summed E-state index contributed by atoms with van der Waals surface area (Å²) in [4.78, 5) is 44.1. The molecule has 0 unspecified atom stereocenters. The molecule has 210 valence electrons. The highest BCUT2D eigenvalue weighted by Gasteiger charge is 2.70. The first-order valence-electron chi connectivity index (χ1n) is 13.7. The molecule has 3 aromatic carbocycles. The van der Waals surface area contributed by atoms with Gasteiger partial charge in [0.2, 0.25) is 11.8 Å². The summed E-state index contributed by atoms with van der Waals surface area (Å²) in [5.74, 6) is -3.49. The van der Waals surface area contributed by atoms with Crippen LogP contribution in [-0.2, 0) is 15.1 Å². The molecule has 0 radical (unpaired) electrons. The van der Waals surface area contributed by atoms with Crippen molar-refractivity contribution in [3.8, 4) is 0 Å². The fourth-order valence-corrected chi connectivity index (χ4v) is 7.63. The third kappa shape index (κ3) is 3.91. The first kappa shape index (κ1) is 26.4. The van der Waals surface area contributed by atoms with Crippen molar-refractivity contribution in [1.29, 1.82) is 0 Å². The lowest BCUT2D eigenvalue weighted by molar-refractivity contribution is -0.128. The zero-order valence-electron chi connectivity index (χ0n) is 21.8. The maximum absolute atomic E-state index is 16.0. The molecule has 4 atom stereocenters. The van der Waals surface area contributed by atoms with E-state index in [0.717, 1.165) is 12.8 Å². The van der Waals surface area contributed by atoms with E-state index >= 15 is 4.39 Å². The van der Waals surface area contributed by atoms with Crippen LogP contribution in [0.5, 0.6) is 0 Å². The minimum absolute atomic E-state index is 0.0750. The third-order valence-electron chi connectivity index (χ3n) is 9.16. The maximum atomic E-state index is 16.0. The molecule has 7 rings (SSSR count). The summed E-state index contributed by atoms with van der Waals surface area (Å²) in [7, 11) is 0. The van der Waals surface area contributed by atoms with Gasteiger partial charge in [-0.2, -0.15) is 0 Å². The fourth-order valence-electron chi connectivity index (χ4n) is 7.27. The molecule has 3 heterocycles. The average Bonchev–Trinajstić information content (AvgIpc) is 3.67. The van der Waals surface area contributed by atoms with E-state index in [4.69, 9.17) is 23.2 Å².